The van der Waals surface area contributed by atoms with Crippen molar-refractivity contribution in [3.8, 4) is 0 Å². The first-order valence-electron chi connectivity index (χ1n) is 7.01. The van der Waals surface area contributed by atoms with E-state index in [1.807, 2.05) is 6.92 Å². The van der Waals surface area contributed by atoms with Crippen molar-refractivity contribution in [2.45, 2.75) is 30.8 Å². The molecule has 0 heterocycles. The minimum atomic E-state index is -4.52. The van der Waals surface area contributed by atoms with E-state index in [4.69, 9.17) is 0 Å². The van der Waals surface area contributed by atoms with Crippen molar-refractivity contribution in [2.24, 2.45) is 0 Å². The Bertz CT molecular complexity index is 769. The molecule has 0 amide bonds. The summed E-state index contributed by atoms with van der Waals surface area (Å²) in [6.45, 7) is 2.01. The van der Waals surface area contributed by atoms with Gasteiger partial charge in [0, 0.05) is 5.69 Å². The highest BCUT2D eigenvalue weighted by Gasteiger charge is 2.30. The number of sulfonamides is 1. The van der Waals surface area contributed by atoms with Gasteiger partial charge in [-0.05, 0) is 42.3 Å². The summed E-state index contributed by atoms with van der Waals surface area (Å²) in [5.74, 6) is 0. The molecule has 0 aliphatic heterocycles. The van der Waals surface area contributed by atoms with Crippen molar-refractivity contribution in [1.29, 1.82) is 0 Å². The van der Waals surface area contributed by atoms with Gasteiger partial charge in [0.15, 0.2) is 0 Å². The Balaban J connectivity index is 2.24. The van der Waals surface area contributed by atoms with Gasteiger partial charge in [-0.25, -0.2) is 8.42 Å². The van der Waals surface area contributed by atoms with E-state index in [0.717, 1.165) is 36.6 Å². The average Bonchev–Trinajstić information content (AvgIpc) is 2.47. The summed E-state index contributed by atoms with van der Waals surface area (Å²) in [6, 6.07) is 10.4. The van der Waals surface area contributed by atoms with Crippen LogP contribution in [0.3, 0.4) is 0 Å². The van der Waals surface area contributed by atoms with E-state index in [-0.39, 0.29) is 10.6 Å². The summed E-state index contributed by atoms with van der Waals surface area (Å²) in [5, 5.41) is 0. The van der Waals surface area contributed by atoms with Crippen molar-refractivity contribution < 1.29 is 21.6 Å². The largest absolute Gasteiger partial charge is 0.416 e. The van der Waals surface area contributed by atoms with E-state index in [1.54, 1.807) is 12.1 Å². The Morgan fingerprint density at radius 3 is 2.26 bits per heavy atom. The smallest absolute Gasteiger partial charge is 0.280 e. The molecule has 23 heavy (non-hydrogen) atoms. The van der Waals surface area contributed by atoms with Gasteiger partial charge < -0.3 is 0 Å². The molecule has 0 unspecified atom stereocenters. The number of hydrogen-bond acceptors (Lipinski definition) is 2. The fraction of sp³-hybridized carbons (Fsp3) is 0.250. The number of halogens is 3. The number of nitrogens with one attached hydrogen (secondary N) is 1. The van der Waals surface area contributed by atoms with E-state index < -0.39 is 21.8 Å². The fourth-order valence-corrected chi connectivity index (χ4v) is 3.15. The number of benzene rings is 2. The molecule has 0 bridgehead atoms. The summed E-state index contributed by atoms with van der Waals surface area (Å²) in [6.07, 6.45) is -2.75. The minimum Gasteiger partial charge on any atom is -0.280 e. The number of anilines is 1. The lowest BCUT2D eigenvalue weighted by Gasteiger charge is -2.11. The van der Waals surface area contributed by atoms with Crippen LogP contribution in [0.15, 0.2) is 53.4 Å². The van der Waals surface area contributed by atoms with E-state index in [2.05, 4.69) is 4.72 Å². The van der Waals surface area contributed by atoms with Gasteiger partial charge in [0.2, 0.25) is 0 Å². The molecule has 0 atom stereocenters. The van der Waals surface area contributed by atoms with Crippen LogP contribution in [0.5, 0.6) is 0 Å². The van der Waals surface area contributed by atoms with Gasteiger partial charge in [0.25, 0.3) is 10.0 Å². The van der Waals surface area contributed by atoms with Crippen LogP contribution in [0.2, 0.25) is 0 Å². The number of rotatable bonds is 5. The summed E-state index contributed by atoms with van der Waals surface area (Å²) in [4.78, 5) is 0.00904. The van der Waals surface area contributed by atoms with Gasteiger partial charge in [-0.15, -0.1) is 0 Å². The maximum atomic E-state index is 12.7. The van der Waals surface area contributed by atoms with Crippen LogP contribution in [0.4, 0.5) is 18.9 Å². The molecular formula is C16H16F3NO2S. The summed E-state index contributed by atoms with van der Waals surface area (Å²) in [5.41, 5.74) is -0.0287. The molecule has 2 rings (SSSR count). The lowest BCUT2D eigenvalue weighted by molar-refractivity contribution is -0.137. The Labute approximate surface area is 133 Å². The second kappa shape index (κ2) is 6.62. The standard InChI is InChI=1S/C16H16F3NO2S/c1-2-4-12-7-9-15(10-8-12)23(21,22)20-14-6-3-5-13(11-14)16(17,18)19/h3,5-11,20H,2,4H2,1H3. The third-order valence-electron chi connectivity index (χ3n) is 3.21. The number of hydrogen-bond donors (Lipinski definition) is 1. The third kappa shape index (κ3) is 4.48. The topological polar surface area (TPSA) is 46.2 Å². The normalized spacial score (nSPS) is 12.2. The van der Waals surface area contributed by atoms with Crippen LogP contribution in [0, 0.1) is 0 Å². The van der Waals surface area contributed by atoms with Crippen molar-refractivity contribution in [3.05, 3.63) is 59.7 Å². The quantitative estimate of drug-likeness (QED) is 0.871. The Hall–Kier alpha value is -2.02. The molecule has 0 radical (unpaired) electrons. The molecule has 0 aromatic heterocycles. The van der Waals surface area contributed by atoms with Gasteiger partial charge >= 0.3 is 6.18 Å². The predicted octanol–water partition coefficient (Wildman–Crippen LogP) is 4.46. The minimum absolute atomic E-state index is 0.00904. The highest BCUT2D eigenvalue weighted by molar-refractivity contribution is 7.92. The monoisotopic (exact) mass is 343 g/mol. The molecule has 0 aliphatic rings. The maximum absolute atomic E-state index is 12.7. The van der Waals surface area contributed by atoms with Crippen LogP contribution < -0.4 is 4.72 Å². The molecule has 0 saturated carbocycles. The average molecular weight is 343 g/mol. The predicted molar refractivity (Wildman–Crippen MR) is 82.7 cm³/mol. The molecule has 2 aromatic carbocycles. The third-order valence-corrected chi connectivity index (χ3v) is 4.61. The Morgan fingerprint density at radius 1 is 1.04 bits per heavy atom. The first kappa shape index (κ1) is 17.3. The summed E-state index contributed by atoms with van der Waals surface area (Å²) in [7, 11) is -3.92. The zero-order valence-corrected chi connectivity index (χ0v) is 13.2. The molecule has 2 aromatic rings. The van der Waals surface area contributed by atoms with Crippen LogP contribution in [0.25, 0.3) is 0 Å². The van der Waals surface area contributed by atoms with Gasteiger partial charge in [-0.3, -0.25) is 4.72 Å². The molecule has 0 fully saturated rings. The van der Waals surface area contributed by atoms with Crippen molar-refractivity contribution in [3.63, 3.8) is 0 Å². The number of aryl methyl sites for hydroxylation is 1. The van der Waals surface area contributed by atoms with Crippen LogP contribution in [0.1, 0.15) is 24.5 Å². The summed E-state index contributed by atoms with van der Waals surface area (Å²) < 4.78 is 64.6. The molecule has 3 nitrogen and oxygen atoms in total. The van der Waals surface area contributed by atoms with Crippen LogP contribution >= 0.6 is 0 Å². The molecular weight excluding hydrogens is 327 g/mol. The van der Waals surface area contributed by atoms with Crippen molar-refractivity contribution in [1.82, 2.24) is 0 Å². The lowest BCUT2D eigenvalue weighted by Crippen LogP contribution is -2.14. The van der Waals surface area contributed by atoms with Crippen molar-refractivity contribution >= 4 is 15.7 Å². The molecule has 1 N–H and O–H groups in total. The molecule has 124 valence electrons. The molecule has 0 aliphatic carbocycles. The highest BCUT2D eigenvalue weighted by Crippen LogP contribution is 2.31. The molecule has 7 heteroatoms. The SMILES string of the molecule is CCCc1ccc(S(=O)(=O)Nc2cccc(C(F)(F)F)c2)cc1. The zero-order chi connectivity index (χ0) is 17.1. The zero-order valence-electron chi connectivity index (χ0n) is 12.4. The van der Waals surface area contributed by atoms with E-state index in [1.165, 1.54) is 18.2 Å². The van der Waals surface area contributed by atoms with Gasteiger partial charge in [0.05, 0.1) is 10.5 Å². The first-order chi connectivity index (χ1) is 10.7. The molecule has 0 spiro atoms. The first-order valence-corrected chi connectivity index (χ1v) is 8.50. The molecule has 0 saturated heterocycles. The van der Waals surface area contributed by atoms with Gasteiger partial charge in [-0.2, -0.15) is 13.2 Å². The second-order valence-electron chi connectivity index (χ2n) is 5.08. The summed E-state index contributed by atoms with van der Waals surface area (Å²) >= 11 is 0. The van der Waals surface area contributed by atoms with E-state index >= 15 is 0 Å². The maximum Gasteiger partial charge on any atom is 0.416 e. The van der Waals surface area contributed by atoms with Crippen molar-refractivity contribution in [2.75, 3.05) is 4.72 Å². The second-order valence-corrected chi connectivity index (χ2v) is 6.76. The Morgan fingerprint density at radius 2 is 1.70 bits per heavy atom. The highest BCUT2D eigenvalue weighted by atomic mass is 32.2. The van der Waals surface area contributed by atoms with Crippen LogP contribution in [-0.4, -0.2) is 8.42 Å². The van der Waals surface area contributed by atoms with Crippen LogP contribution in [-0.2, 0) is 22.6 Å². The number of alkyl halides is 3. The Kier molecular flexibility index (Phi) is 4.99. The van der Waals surface area contributed by atoms with Gasteiger partial charge in [-0.1, -0.05) is 31.5 Å². The fourth-order valence-electron chi connectivity index (χ4n) is 2.10. The van der Waals surface area contributed by atoms with Gasteiger partial charge in [0.1, 0.15) is 0 Å². The van der Waals surface area contributed by atoms with E-state index in [9.17, 15) is 21.6 Å². The van der Waals surface area contributed by atoms with E-state index in [0.29, 0.717) is 0 Å². The lowest BCUT2D eigenvalue weighted by atomic mass is 10.1.